The van der Waals surface area contributed by atoms with Crippen molar-refractivity contribution in [3.8, 4) is 11.5 Å². The van der Waals surface area contributed by atoms with Gasteiger partial charge in [0.25, 0.3) is 0 Å². The summed E-state index contributed by atoms with van der Waals surface area (Å²) in [5.41, 5.74) is 6.00. The van der Waals surface area contributed by atoms with Crippen molar-refractivity contribution < 1.29 is 13.9 Å². The van der Waals surface area contributed by atoms with Crippen LogP contribution in [0, 0.1) is 0 Å². The molecule has 0 spiro atoms. The normalized spacial score (nSPS) is 17.9. The van der Waals surface area contributed by atoms with Gasteiger partial charge in [-0.3, -0.25) is 0 Å². The highest BCUT2D eigenvalue weighted by atomic mass is 19.1. The molecule has 1 aliphatic rings. The zero-order chi connectivity index (χ0) is 10.1. The molecule has 0 aromatic heterocycles. The first kappa shape index (κ1) is 9.27. The number of rotatable bonds is 2. The highest BCUT2D eigenvalue weighted by molar-refractivity contribution is 5.45. The second-order valence-corrected chi connectivity index (χ2v) is 3.37. The third-order valence-electron chi connectivity index (χ3n) is 2.18. The van der Waals surface area contributed by atoms with Gasteiger partial charge in [-0.25, -0.2) is 4.39 Å². The van der Waals surface area contributed by atoms with Crippen LogP contribution in [0.5, 0.6) is 11.5 Å². The highest BCUT2D eigenvalue weighted by Crippen LogP contribution is 2.35. The molecule has 2 rings (SSSR count). The molecule has 1 aliphatic heterocycles. The lowest BCUT2D eigenvalue weighted by Crippen LogP contribution is -2.21. The van der Waals surface area contributed by atoms with Gasteiger partial charge in [-0.1, -0.05) is 6.07 Å². The smallest absolute Gasteiger partial charge is 0.231 e. The molecule has 2 unspecified atom stereocenters. The first-order valence-electron chi connectivity index (χ1n) is 4.47. The molecule has 0 amide bonds. The Morgan fingerprint density at radius 2 is 2.07 bits per heavy atom. The maximum Gasteiger partial charge on any atom is 0.231 e. The van der Waals surface area contributed by atoms with E-state index < -0.39 is 12.2 Å². The van der Waals surface area contributed by atoms with Crippen molar-refractivity contribution in [3.63, 3.8) is 0 Å². The predicted octanol–water partition coefficient (Wildman–Crippen LogP) is 1.77. The summed E-state index contributed by atoms with van der Waals surface area (Å²) in [6.07, 6.45) is -1.16. The second-order valence-electron chi connectivity index (χ2n) is 3.37. The number of hydrogen-bond acceptors (Lipinski definition) is 3. The lowest BCUT2D eigenvalue weighted by atomic mass is 10.1. The summed E-state index contributed by atoms with van der Waals surface area (Å²) in [7, 11) is 0. The van der Waals surface area contributed by atoms with E-state index in [1.807, 2.05) is 0 Å². The summed E-state index contributed by atoms with van der Waals surface area (Å²) in [5, 5.41) is 0. The second kappa shape index (κ2) is 3.46. The predicted molar refractivity (Wildman–Crippen MR) is 50.1 cm³/mol. The molecular weight excluding hydrogens is 185 g/mol. The van der Waals surface area contributed by atoms with Crippen LogP contribution in [0.1, 0.15) is 18.7 Å². The molecule has 0 bridgehead atoms. The van der Waals surface area contributed by atoms with Crippen molar-refractivity contribution in [2.24, 2.45) is 5.73 Å². The minimum Gasteiger partial charge on any atom is -0.454 e. The van der Waals surface area contributed by atoms with Crippen molar-refractivity contribution >= 4 is 0 Å². The number of halogens is 1. The van der Waals surface area contributed by atoms with Crippen LogP contribution in [0.2, 0.25) is 0 Å². The highest BCUT2D eigenvalue weighted by Gasteiger charge is 2.19. The summed E-state index contributed by atoms with van der Waals surface area (Å²) in [6, 6.07) is 4.49. The van der Waals surface area contributed by atoms with Crippen LogP contribution in [0.3, 0.4) is 0 Å². The lowest BCUT2D eigenvalue weighted by Gasteiger charge is -2.12. The van der Waals surface area contributed by atoms with E-state index in [2.05, 4.69) is 0 Å². The molecule has 0 saturated heterocycles. The Balaban J connectivity index is 2.28. The number of hydrogen-bond donors (Lipinski definition) is 1. The molecule has 14 heavy (non-hydrogen) atoms. The van der Waals surface area contributed by atoms with Crippen LogP contribution in [-0.4, -0.2) is 12.8 Å². The van der Waals surface area contributed by atoms with Gasteiger partial charge in [-0.05, 0) is 24.6 Å². The van der Waals surface area contributed by atoms with Gasteiger partial charge < -0.3 is 15.2 Å². The van der Waals surface area contributed by atoms with Gasteiger partial charge in [0, 0.05) is 6.04 Å². The molecule has 1 aromatic carbocycles. The minimum absolute atomic E-state index is 0.202. The summed E-state index contributed by atoms with van der Waals surface area (Å²) < 4.78 is 23.8. The van der Waals surface area contributed by atoms with Crippen LogP contribution < -0.4 is 15.2 Å². The van der Waals surface area contributed by atoms with Gasteiger partial charge in [-0.15, -0.1) is 0 Å². The number of benzene rings is 1. The SMILES string of the molecule is CC(N)C(F)c1ccc2c(c1)OCO2. The molecule has 0 radical (unpaired) electrons. The Labute approximate surface area is 81.6 Å². The fourth-order valence-electron chi connectivity index (χ4n) is 1.39. The van der Waals surface area contributed by atoms with Crippen molar-refractivity contribution in [1.82, 2.24) is 0 Å². The number of alkyl halides is 1. The molecule has 1 heterocycles. The van der Waals surface area contributed by atoms with Gasteiger partial charge in [0.15, 0.2) is 11.5 Å². The number of ether oxygens (including phenoxy) is 2. The monoisotopic (exact) mass is 197 g/mol. The fourth-order valence-corrected chi connectivity index (χ4v) is 1.39. The van der Waals surface area contributed by atoms with Crippen molar-refractivity contribution in [2.75, 3.05) is 6.79 Å². The summed E-state index contributed by atoms with van der Waals surface area (Å²) in [5.74, 6) is 1.25. The third-order valence-corrected chi connectivity index (χ3v) is 2.18. The van der Waals surface area contributed by atoms with E-state index in [4.69, 9.17) is 15.2 Å². The van der Waals surface area contributed by atoms with E-state index in [-0.39, 0.29) is 6.79 Å². The maximum absolute atomic E-state index is 13.5. The topological polar surface area (TPSA) is 44.5 Å². The molecule has 76 valence electrons. The number of nitrogens with two attached hydrogens (primary N) is 1. The molecule has 4 heteroatoms. The lowest BCUT2D eigenvalue weighted by molar-refractivity contribution is 0.174. The van der Waals surface area contributed by atoms with Crippen molar-refractivity contribution in [2.45, 2.75) is 19.1 Å². The Kier molecular flexibility index (Phi) is 2.29. The van der Waals surface area contributed by atoms with E-state index in [0.717, 1.165) is 0 Å². The van der Waals surface area contributed by atoms with Crippen LogP contribution in [0.4, 0.5) is 4.39 Å². The zero-order valence-corrected chi connectivity index (χ0v) is 7.87. The largest absolute Gasteiger partial charge is 0.454 e. The average molecular weight is 197 g/mol. The van der Waals surface area contributed by atoms with Crippen LogP contribution in [-0.2, 0) is 0 Å². The molecule has 2 atom stereocenters. The molecule has 0 fully saturated rings. The molecule has 2 N–H and O–H groups in total. The van der Waals surface area contributed by atoms with Crippen LogP contribution >= 0.6 is 0 Å². The van der Waals surface area contributed by atoms with Gasteiger partial charge in [0.05, 0.1) is 0 Å². The van der Waals surface area contributed by atoms with Gasteiger partial charge in [-0.2, -0.15) is 0 Å². The van der Waals surface area contributed by atoms with Gasteiger partial charge >= 0.3 is 0 Å². The van der Waals surface area contributed by atoms with E-state index >= 15 is 0 Å². The summed E-state index contributed by atoms with van der Waals surface area (Å²) in [4.78, 5) is 0. The van der Waals surface area contributed by atoms with E-state index in [9.17, 15) is 4.39 Å². The molecule has 1 aromatic rings. The molecule has 3 nitrogen and oxygen atoms in total. The average Bonchev–Trinajstić information content (AvgIpc) is 2.62. The maximum atomic E-state index is 13.5. The standard InChI is InChI=1S/C10H12FNO2/c1-6(12)10(11)7-2-3-8-9(4-7)14-5-13-8/h2-4,6,10H,5,12H2,1H3. The number of fused-ring (bicyclic) bond motifs is 1. The Morgan fingerprint density at radius 3 is 2.79 bits per heavy atom. The third kappa shape index (κ3) is 1.53. The Morgan fingerprint density at radius 1 is 1.36 bits per heavy atom. The van der Waals surface area contributed by atoms with Crippen molar-refractivity contribution in [1.29, 1.82) is 0 Å². The van der Waals surface area contributed by atoms with E-state index in [1.165, 1.54) is 0 Å². The first-order valence-corrected chi connectivity index (χ1v) is 4.47. The Bertz CT molecular complexity index is 341. The Hall–Kier alpha value is -1.29. The molecule has 0 aliphatic carbocycles. The van der Waals surface area contributed by atoms with E-state index in [1.54, 1.807) is 25.1 Å². The van der Waals surface area contributed by atoms with Gasteiger partial charge in [0.1, 0.15) is 6.17 Å². The van der Waals surface area contributed by atoms with Crippen molar-refractivity contribution in [3.05, 3.63) is 23.8 Å². The summed E-state index contributed by atoms with van der Waals surface area (Å²) in [6.45, 7) is 1.84. The van der Waals surface area contributed by atoms with Crippen LogP contribution in [0.15, 0.2) is 18.2 Å². The fraction of sp³-hybridized carbons (Fsp3) is 0.400. The van der Waals surface area contributed by atoms with Crippen LogP contribution in [0.25, 0.3) is 0 Å². The first-order chi connectivity index (χ1) is 6.68. The quantitative estimate of drug-likeness (QED) is 0.785. The zero-order valence-electron chi connectivity index (χ0n) is 7.87. The molecular formula is C10H12FNO2. The summed E-state index contributed by atoms with van der Waals surface area (Å²) >= 11 is 0. The minimum atomic E-state index is -1.16. The van der Waals surface area contributed by atoms with E-state index in [0.29, 0.717) is 17.1 Å². The van der Waals surface area contributed by atoms with Gasteiger partial charge in [0.2, 0.25) is 6.79 Å². The molecule has 0 saturated carbocycles.